The van der Waals surface area contributed by atoms with Gasteiger partial charge < -0.3 is 24.8 Å². The van der Waals surface area contributed by atoms with Crippen molar-refractivity contribution < 1.29 is 105 Å². The molecule has 0 radical (unpaired) electrons. The molecule has 42 valence electrons. The van der Waals surface area contributed by atoms with Crippen molar-refractivity contribution >= 4 is 23.1 Å². The Morgan fingerprint density at radius 1 is 0.750 bits per heavy atom. The predicted molar refractivity (Wildman–Crippen MR) is 19.1 cm³/mol. The van der Waals surface area contributed by atoms with Crippen LogP contribution in [-0.2, 0) is 21.1 Å². The maximum Gasteiger partial charge on any atom is 2.00 e. The molecule has 4 nitrogen and oxygen atoms in total. The third-order valence-corrected chi connectivity index (χ3v) is 0. The molecular weight excluding hydrogens is 230 g/mol. The Bertz CT molecular complexity index is 21.2. The number of hydrogen-bond acceptors (Lipinski definition) is 2. The molecule has 0 atom stereocenters. The molecule has 0 unspecified atom stereocenters. The topological polar surface area (TPSA) is 123 Å². The van der Waals surface area contributed by atoms with Gasteiger partial charge in [0.2, 0.25) is 0 Å². The monoisotopic (exact) mass is 240 g/mol. The number of hydrogen-bond donors (Lipinski definition) is 0. The standard InChI is InChI=1S/Mg.Mo.2Na.4H2O.2H/h;;;;4*1H2;;/q+2;;2*+1;;;;;2*-1/p-2. The second kappa shape index (κ2) is 81.9. The molecule has 8 heavy (non-hydrogen) atoms. The van der Waals surface area contributed by atoms with Crippen molar-refractivity contribution in [1.29, 1.82) is 0 Å². The first kappa shape index (κ1) is 110. The second-order valence-corrected chi connectivity index (χ2v) is 0. The van der Waals surface area contributed by atoms with E-state index in [0.717, 1.165) is 0 Å². The van der Waals surface area contributed by atoms with Crippen LogP contribution in [0, 0.1) is 0 Å². The molecular formula is H8MgMoNa2O4. The van der Waals surface area contributed by atoms with Gasteiger partial charge in [-0.2, -0.15) is 0 Å². The maximum atomic E-state index is 0. The summed E-state index contributed by atoms with van der Waals surface area (Å²) in [5, 5.41) is 0. The number of rotatable bonds is 0. The summed E-state index contributed by atoms with van der Waals surface area (Å²) < 4.78 is 0. The molecule has 0 aliphatic carbocycles. The smallest absolute Gasteiger partial charge is 1.00 e. The average molecular weight is 238 g/mol. The molecule has 0 fully saturated rings. The van der Waals surface area contributed by atoms with E-state index < -0.39 is 0 Å². The van der Waals surface area contributed by atoms with E-state index in [-0.39, 0.29) is 128 Å². The molecule has 0 aromatic carbocycles. The summed E-state index contributed by atoms with van der Waals surface area (Å²) in [5.74, 6) is 0. The Morgan fingerprint density at radius 3 is 0.750 bits per heavy atom. The fourth-order valence-corrected chi connectivity index (χ4v) is 0. The van der Waals surface area contributed by atoms with Crippen LogP contribution in [0.5, 0.6) is 0 Å². The van der Waals surface area contributed by atoms with Gasteiger partial charge in [0.15, 0.2) is 0 Å². The summed E-state index contributed by atoms with van der Waals surface area (Å²) in [6.45, 7) is 0. The van der Waals surface area contributed by atoms with Crippen molar-refractivity contribution in [3.8, 4) is 0 Å². The summed E-state index contributed by atoms with van der Waals surface area (Å²) in [4.78, 5) is 0. The molecule has 0 aliphatic rings. The summed E-state index contributed by atoms with van der Waals surface area (Å²) in [7, 11) is 0. The van der Waals surface area contributed by atoms with E-state index in [1.807, 2.05) is 0 Å². The van der Waals surface area contributed by atoms with Crippen LogP contribution >= 0.6 is 0 Å². The molecule has 0 saturated heterocycles. The van der Waals surface area contributed by atoms with Gasteiger partial charge in [-0.05, 0) is 0 Å². The van der Waals surface area contributed by atoms with Crippen molar-refractivity contribution in [2.45, 2.75) is 0 Å². The third kappa shape index (κ3) is 58.9. The van der Waals surface area contributed by atoms with Crippen LogP contribution in [0.4, 0.5) is 0 Å². The largest absolute Gasteiger partial charge is 2.00 e. The Kier molecular flexibility index (Phi) is 1130. The fraction of sp³-hybridized carbons (Fsp3) is 0. The van der Waals surface area contributed by atoms with Crippen molar-refractivity contribution in [3.63, 3.8) is 0 Å². The van der Waals surface area contributed by atoms with Crippen LogP contribution in [0.15, 0.2) is 0 Å². The second-order valence-electron chi connectivity index (χ2n) is 0. The first-order valence-electron chi connectivity index (χ1n) is 0. The van der Waals surface area contributed by atoms with Crippen LogP contribution in [0.1, 0.15) is 2.85 Å². The van der Waals surface area contributed by atoms with E-state index in [1.54, 1.807) is 0 Å². The molecule has 0 aromatic heterocycles. The minimum Gasteiger partial charge on any atom is -1.00 e. The molecule has 0 saturated carbocycles. The minimum atomic E-state index is 0. The van der Waals surface area contributed by atoms with Crippen molar-refractivity contribution in [3.05, 3.63) is 0 Å². The van der Waals surface area contributed by atoms with E-state index in [2.05, 4.69) is 0 Å². The van der Waals surface area contributed by atoms with Crippen LogP contribution in [0.2, 0.25) is 0 Å². The Hall–Kier alpha value is 3.29. The molecule has 0 amide bonds. The molecule has 0 heterocycles. The molecule has 0 bridgehead atoms. The van der Waals surface area contributed by atoms with Gasteiger partial charge >= 0.3 is 82.2 Å². The van der Waals surface area contributed by atoms with E-state index in [9.17, 15) is 0 Å². The first-order chi connectivity index (χ1) is 0. The SMILES string of the molecule is O.O.[H-].[H-].[Mg+2].[Mo].[Na+].[Na+].[OH-].[OH-]. The van der Waals surface area contributed by atoms with Gasteiger partial charge in [0.1, 0.15) is 0 Å². The summed E-state index contributed by atoms with van der Waals surface area (Å²) in [5.41, 5.74) is 0. The van der Waals surface area contributed by atoms with Crippen molar-refractivity contribution in [2.24, 2.45) is 0 Å². The summed E-state index contributed by atoms with van der Waals surface area (Å²) >= 11 is 0. The average Bonchev–Trinajstić information content (AvgIpc) is 0. The zero-order valence-corrected chi connectivity index (χ0v) is 12.4. The molecule has 0 spiro atoms. The Balaban J connectivity index is 0. The molecule has 6 N–H and O–H groups in total. The zero-order valence-electron chi connectivity index (χ0n) is 7.01. The van der Waals surface area contributed by atoms with Crippen LogP contribution in [-0.4, -0.2) is 45.0 Å². The van der Waals surface area contributed by atoms with E-state index in [1.165, 1.54) is 0 Å². The van der Waals surface area contributed by atoms with E-state index >= 15 is 0 Å². The normalized spacial score (nSPS) is 0. The summed E-state index contributed by atoms with van der Waals surface area (Å²) in [6, 6.07) is 0. The van der Waals surface area contributed by atoms with Gasteiger partial charge in [-0.25, -0.2) is 0 Å². The molecule has 8 heteroatoms. The van der Waals surface area contributed by atoms with Crippen LogP contribution in [0.3, 0.4) is 0 Å². The maximum absolute atomic E-state index is 0. The third-order valence-electron chi connectivity index (χ3n) is 0. The zero-order chi connectivity index (χ0) is 0. The summed E-state index contributed by atoms with van der Waals surface area (Å²) in [6.07, 6.45) is 0. The van der Waals surface area contributed by atoms with Gasteiger partial charge in [0.05, 0.1) is 0 Å². The van der Waals surface area contributed by atoms with Gasteiger partial charge in [-0.15, -0.1) is 0 Å². The van der Waals surface area contributed by atoms with Crippen LogP contribution in [0.25, 0.3) is 0 Å². The predicted octanol–water partition coefficient (Wildman–Crippen LogP) is -8.15. The van der Waals surface area contributed by atoms with Gasteiger partial charge in [0.25, 0.3) is 0 Å². The first-order valence-corrected chi connectivity index (χ1v) is 0. The Morgan fingerprint density at radius 2 is 0.750 bits per heavy atom. The van der Waals surface area contributed by atoms with Crippen molar-refractivity contribution in [2.75, 3.05) is 0 Å². The molecule has 0 aliphatic heterocycles. The van der Waals surface area contributed by atoms with Crippen molar-refractivity contribution in [1.82, 2.24) is 0 Å². The molecule has 0 aromatic rings. The van der Waals surface area contributed by atoms with Gasteiger partial charge in [-0.1, -0.05) is 0 Å². The van der Waals surface area contributed by atoms with E-state index in [4.69, 9.17) is 0 Å². The Labute approximate surface area is 126 Å². The van der Waals surface area contributed by atoms with E-state index in [0.29, 0.717) is 0 Å². The molecule has 0 rings (SSSR count). The minimum absolute atomic E-state index is 0. The fourth-order valence-electron chi connectivity index (χ4n) is 0. The van der Waals surface area contributed by atoms with Crippen LogP contribution < -0.4 is 59.1 Å². The van der Waals surface area contributed by atoms with Gasteiger partial charge in [0, 0.05) is 21.1 Å². The quantitative estimate of drug-likeness (QED) is 0.389. The van der Waals surface area contributed by atoms with Gasteiger partial charge in [-0.3, -0.25) is 0 Å².